The van der Waals surface area contributed by atoms with Gasteiger partial charge in [0.25, 0.3) is 5.91 Å². The van der Waals surface area contributed by atoms with Crippen molar-refractivity contribution in [2.24, 2.45) is 0 Å². The lowest BCUT2D eigenvalue weighted by Crippen LogP contribution is -2.32. The molecule has 0 heterocycles. The maximum absolute atomic E-state index is 13.3. The van der Waals surface area contributed by atoms with E-state index in [9.17, 15) is 9.59 Å². The van der Waals surface area contributed by atoms with E-state index in [1.54, 1.807) is 13.2 Å². The average molecular weight is 449 g/mol. The molecule has 2 amide bonds. The second kappa shape index (κ2) is 11.4. The highest BCUT2D eigenvalue weighted by atomic mass is 32.2. The van der Waals surface area contributed by atoms with Gasteiger partial charge in [-0.25, -0.2) is 0 Å². The van der Waals surface area contributed by atoms with E-state index in [1.165, 1.54) is 11.8 Å². The van der Waals surface area contributed by atoms with Gasteiger partial charge in [0.15, 0.2) is 0 Å². The molecular weight excluding hydrogens is 420 g/mol. The third-order valence-corrected chi connectivity index (χ3v) is 5.87. The van der Waals surface area contributed by atoms with Gasteiger partial charge in [-0.15, -0.1) is 11.8 Å². The first-order valence-electron chi connectivity index (χ1n) is 10.5. The molecular formula is C26H28N2O3S. The molecule has 0 spiro atoms. The molecule has 0 bridgehead atoms. The van der Waals surface area contributed by atoms with E-state index in [2.05, 4.69) is 10.6 Å². The molecule has 1 unspecified atom stereocenters. The van der Waals surface area contributed by atoms with E-state index in [0.29, 0.717) is 5.56 Å². The van der Waals surface area contributed by atoms with Crippen LogP contribution in [0.3, 0.4) is 0 Å². The number of nitrogens with one attached hydrogen (secondary N) is 2. The summed E-state index contributed by atoms with van der Waals surface area (Å²) in [5, 5.41) is 6.05. The first-order chi connectivity index (χ1) is 15.5. The number of carbonyl (C=O) groups is 2. The highest BCUT2D eigenvalue weighted by molar-refractivity contribution is 8.00. The van der Waals surface area contributed by atoms with Crippen molar-refractivity contribution < 1.29 is 14.3 Å². The second-order valence-corrected chi connectivity index (χ2v) is 8.61. The van der Waals surface area contributed by atoms with Crippen LogP contribution in [0.15, 0.2) is 83.8 Å². The van der Waals surface area contributed by atoms with Gasteiger partial charge in [0, 0.05) is 10.9 Å². The Labute approximate surface area is 193 Å². The molecule has 3 rings (SSSR count). The van der Waals surface area contributed by atoms with Crippen LogP contribution in [0.2, 0.25) is 0 Å². The Morgan fingerprint density at radius 3 is 2.12 bits per heavy atom. The number of thioether (sulfide) groups is 1. The van der Waals surface area contributed by atoms with Gasteiger partial charge in [0.1, 0.15) is 5.75 Å². The summed E-state index contributed by atoms with van der Waals surface area (Å²) in [6.45, 7) is 3.85. The van der Waals surface area contributed by atoms with Crippen LogP contribution >= 0.6 is 11.8 Å². The fourth-order valence-electron chi connectivity index (χ4n) is 3.30. The first-order valence-corrected chi connectivity index (χ1v) is 11.5. The van der Waals surface area contributed by atoms with Crippen molar-refractivity contribution >= 4 is 23.6 Å². The van der Waals surface area contributed by atoms with Crippen molar-refractivity contribution in [2.45, 2.75) is 30.8 Å². The van der Waals surface area contributed by atoms with Crippen molar-refractivity contribution in [1.82, 2.24) is 10.6 Å². The Bertz CT molecular complexity index is 1040. The van der Waals surface area contributed by atoms with Crippen LogP contribution in [-0.2, 0) is 4.79 Å². The first kappa shape index (κ1) is 23.4. The molecule has 2 N–H and O–H groups in total. The molecule has 0 aliphatic carbocycles. The maximum atomic E-state index is 13.3. The molecule has 5 nitrogen and oxygen atoms in total. The zero-order valence-corrected chi connectivity index (χ0v) is 19.3. The van der Waals surface area contributed by atoms with Crippen molar-refractivity contribution in [3.8, 4) is 5.75 Å². The summed E-state index contributed by atoms with van der Waals surface area (Å²) >= 11 is 1.36. The van der Waals surface area contributed by atoms with E-state index in [1.807, 2.05) is 86.6 Å². The highest BCUT2D eigenvalue weighted by Gasteiger charge is 2.20. The molecule has 32 heavy (non-hydrogen) atoms. The number of hydrogen-bond acceptors (Lipinski definition) is 4. The fraction of sp³-hybridized carbons (Fsp3) is 0.231. The Kier molecular flexibility index (Phi) is 8.34. The van der Waals surface area contributed by atoms with Crippen molar-refractivity contribution in [3.05, 3.63) is 95.6 Å². The van der Waals surface area contributed by atoms with Crippen LogP contribution in [0.25, 0.3) is 0 Å². The zero-order valence-electron chi connectivity index (χ0n) is 18.5. The van der Waals surface area contributed by atoms with Crippen LogP contribution in [0.1, 0.15) is 41.4 Å². The van der Waals surface area contributed by atoms with Gasteiger partial charge < -0.3 is 15.4 Å². The quantitative estimate of drug-likeness (QED) is 0.460. The summed E-state index contributed by atoms with van der Waals surface area (Å²) in [6.07, 6.45) is 0. The number of hydrogen-bond donors (Lipinski definition) is 2. The Hall–Kier alpha value is -3.25. The molecule has 0 aromatic heterocycles. The van der Waals surface area contributed by atoms with Gasteiger partial charge in [-0.1, -0.05) is 54.6 Å². The number of benzene rings is 3. The van der Waals surface area contributed by atoms with Gasteiger partial charge in [-0.05, 0) is 49.2 Å². The molecule has 3 aromatic rings. The number of amides is 2. The van der Waals surface area contributed by atoms with Crippen molar-refractivity contribution in [2.75, 3.05) is 12.9 Å². The molecule has 0 fully saturated rings. The van der Waals surface area contributed by atoms with Gasteiger partial charge in [-0.3, -0.25) is 9.59 Å². The molecule has 0 aliphatic rings. The SMILES string of the molecule is COc1ccc(C(NC(=O)c2ccccc2SCC(=O)NC(C)C)c2ccccc2)cc1. The third-order valence-electron chi connectivity index (χ3n) is 4.80. The minimum Gasteiger partial charge on any atom is -0.497 e. The lowest BCUT2D eigenvalue weighted by atomic mass is 9.98. The van der Waals surface area contributed by atoms with E-state index in [4.69, 9.17) is 4.74 Å². The van der Waals surface area contributed by atoms with Gasteiger partial charge in [0.2, 0.25) is 5.91 Å². The van der Waals surface area contributed by atoms with Crippen LogP contribution in [0, 0.1) is 0 Å². The third kappa shape index (κ3) is 6.37. The Morgan fingerprint density at radius 1 is 0.844 bits per heavy atom. The van der Waals surface area contributed by atoms with Crippen molar-refractivity contribution in [3.63, 3.8) is 0 Å². The minimum atomic E-state index is -0.322. The predicted molar refractivity (Wildman–Crippen MR) is 129 cm³/mol. The molecule has 6 heteroatoms. The van der Waals surface area contributed by atoms with Gasteiger partial charge in [-0.2, -0.15) is 0 Å². The average Bonchev–Trinajstić information content (AvgIpc) is 2.81. The van der Waals surface area contributed by atoms with E-state index in [-0.39, 0.29) is 29.7 Å². The van der Waals surface area contributed by atoms with Crippen LogP contribution in [-0.4, -0.2) is 30.7 Å². The Morgan fingerprint density at radius 2 is 1.47 bits per heavy atom. The van der Waals surface area contributed by atoms with Crippen LogP contribution in [0.4, 0.5) is 0 Å². The molecule has 0 saturated carbocycles. The topological polar surface area (TPSA) is 67.4 Å². The van der Waals surface area contributed by atoms with E-state index >= 15 is 0 Å². The highest BCUT2D eigenvalue weighted by Crippen LogP contribution is 2.27. The molecule has 0 saturated heterocycles. The molecule has 166 valence electrons. The summed E-state index contributed by atoms with van der Waals surface area (Å²) < 4.78 is 5.27. The summed E-state index contributed by atoms with van der Waals surface area (Å²) in [5.74, 6) is 0.763. The van der Waals surface area contributed by atoms with Gasteiger partial charge >= 0.3 is 0 Å². The summed E-state index contributed by atoms with van der Waals surface area (Å²) in [6, 6.07) is 24.6. The number of ether oxygens (including phenoxy) is 1. The molecule has 0 aliphatic heterocycles. The minimum absolute atomic E-state index is 0.0550. The number of methoxy groups -OCH3 is 1. The summed E-state index contributed by atoms with van der Waals surface area (Å²) in [5.41, 5.74) is 2.48. The fourth-order valence-corrected chi connectivity index (χ4v) is 4.16. The molecule has 1 atom stereocenters. The maximum Gasteiger partial charge on any atom is 0.253 e. The number of rotatable bonds is 9. The summed E-state index contributed by atoms with van der Waals surface area (Å²) in [4.78, 5) is 26.2. The molecule has 0 radical (unpaired) electrons. The molecule has 3 aromatic carbocycles. The second-order valence-electron chi connectivity index (χ2n) is 7.60. The van der Waals surface area contributed by atoms with E-state index < -0.39 is 0 Å². The zero-order chi connectivity index (χ0) is 22.9. The Balaban J connectivity index is 1.83. The van der Waals surface area contributed by atoms with Gasteiger partial charge in [0.05, 0.1) is 24.5 Å². The smallest absolute Gasteiger partial charge is 0.253 e. The lowest BCUT2D eigenvalue weighted by Gasteiger charge is -2.21. The monoisotopic (exact) mass is 448 g/mol. The van der Waals surface area contributed by atoms with E-state index in [0.717, 1.165) is 21.8 Å². The predicted octanol–water partition coefficient (Wildman–Crippen LogP) is 4.83. The summed E-state index contributed by atoms with van der Waals surface area (Å²) in [7, 11) is 1.63. The van der Waals surface area contributed by atoms with Crippen LogP contribution in [0.5, 0.6) is 5.75 Å². The number of carbonyl (C=O) groups excluding carboxylic acids is 2. The lowest BCUT2D eigenvalue weighted by molar-refractivity contribution is -0.119. The van der Waals surface area contributed by atoms with Crippen LogP contribution < -0.4 is 15.4 Å². The largest absolute Gasteiger partial charge is 0.497 e. The standard InChI is InChI=1S/C26H28N2O3S/c1-18(2)27-24(29)17-32-23-12-8-7-11-22(23)26(30)28-25(19-9-5-4-6-10-19)20-13-15-21(31-3)16-14-20/h4-16,18,25H,17H2,1-3H3,(H,27,29)(H,28,30). The normalized spacial score (nSPS) is 11.6. The van der Waals surface area contributed by atoms with Crippen molar-refractivity contribution in [1.29, 1.82) is 0 Å².